The van der Waals surface area contributed by atoms with E-state index in [0.29, 0.717) is 12.1 Å². The molecule has 5 heteroatoms. The summed E-state index contributed by atoms with van der Waals surface area (Å²) in [6.07, 6.45) is 0. The summed E-state index contributed by atoms with van der Waals surface area (Å²) in [6, 6.07) is 11.1. The number of rotatable bonds is 5. The number of carbonyl (C=O) groups is 1. The Bertz CT molecular complexity index is 629. The summed E-state index contributed by atoms with van der Waals surface area (Å²) in [5.74, 6) is -0.776. The average molecular weight is 274 g/mol. The van der Waals surface area contributed by atoms with Crippen LogP contribution in [0.3, 0.4) is 0 Å². The summed E-state index contributed by atoms with van der Waals surface area (Å²) >= 11 is 0. The highest BCUT2D eigenvalue weighted by Crippen LogP contribution is 2.30. The number of primary amides is 1. The van der Waals surface area contributed by atoms with E-state index in [4.69, 9.17) is 10.5 Å². The van der Waals surface area contributed by atoms with Gasteiger partial charge in [0.1, 0.15) is 5.75 Å². The number of halogens is 1. The maximum atomic E-state index is 13.9. The Morgan fingerprint density at radius 1 is 1.25 bits per heavy atom. The van der Waals surface area contributed by atoms with Gasteiger partial charge in [0.25, 0.3) is 5.91 Å². The van der Waals surface area contributed by atoms with Crippen molar-refractivity contribution in [2.75, 3.05) is 7.05 Å². The molecule has 0 saturated carbocycles. The SMILES string of the molecule is CNCc1cccc(F)c1Oc1ccccc1C(N)=O. The first-order valence-corrected chi connectivity index (χ1v) is 6.12. The average Bonchev–Trinajstić information content (AvgIpc) is 2.43. The van der Waals surface area contributed by atoms with Crippen molar-refractivity contribution in [2.24, 2.45) is 5.73 Å². The fraction of sp³-hybridized carbons (Fsp3) is 0.133. The largest absolute Gasteiger partial charge is 0.453 e. The van der Waals surface area contributed by atoms with E-state index in [1.54, 1.807) is 37.4 Å². The van der Waals surface area contributed by atoms with E-state index in [2.05, 4.69) is 5.32 Å². The van der Waals surface area contributed by atoms with Crippen LogP contribution in [0.15, 0.2) is 42.5 Å². The number of benzene rings is 2. The molecule has 0 heterocycles. The second kappa shape index (κ2) is 6.16. The lowest BCUT2D eigenvalue weighted by molar-refractivity contribution is 0.0998. The van der Waals surface area contributed by atoms with Crippen molar-refractivity contribution in [1.82, 2.24) is 5.32 Å². The van der Waals surface area contributed by atoms with Gasteiger partial charge in [-0.1, -0.05) is 24.3 Å². The first-order valence-electron chi connectivity index (χ1n) is 6.12. The summed E-state index contributed by atoms with van der Waals surface area (Å²) in [7, 11) is 1.76. The number of amides is 1. The third-order valence-corrected chi connectivity index (χ3v) is 2.78. The lowest BCUT2D eigenvalue weighted by Crippen LogP contribution is -2.13. The van der Waals surface area contributed by atoms with E-state index < -0.39 is 11.7 Å². The molecule has 0 aliphatic rings. The molecule has 2 rings (SSSR count). The van der Waals surface area contributed by atoms with Crippen molar-refractivity contribution >= 4 is 5.91 Å². The van der Waals surface area contributed by atoms with Crippen molar-refractivity contribution in [3.05, 3.63) is 59.4 Å². The van der Waals surface area contributed by atoms with E-state index in [1.165, 1.54) is 12.1 Å². The second-order valence-corrected chi connectivity index (χ2v) is 4.22. The number of hydrogen-bond acceptors (Lipinski definition) is 3. The first kappa shape index (κ1) is 14.0. The number of hydrogen-bond donors (Lipinski definition) is 2. The van der Waals surface area contributed by atoms with Gasteiger partial charge in [0, 0.05) is 12.1 Å². The summed E-state index contributed by atoms with van der Waals surface area (Å²) in [5, 5.41) is 2.94. The molecule has 0 bridgehead atoms. The van der Waals surface area contributed by atoms with Crippen LogP contribution in [0.25, 0.3) is 0 Å². The fourth-order valence-corrected chi connectivity index (χ4v) is 1.87. The minimum atomic E-state index is -0.618. The van der Waals surface area contributed by atoms with Crippen LogP contribution < -0.4 is 15.8 Å². The molecule has 0 aliphatic heterocycles. The number of nitrogens with one attached hydrogen (secondary N) is 1. The Morgan fingerprint density at radius 3 is 2.70 bits per heavy atom. The van der Waals surface area contributed by atoms with Gasteiger partial charge in [0.05, 0.1) is 5.56 Å². The van der Waals surface area contributed by atoms with Crippen LogP contribution in [0.5, 0.6) is 11.5 Å². The molecular weight excluding hydrogens is 259 g/mol. The van der Waals surface area contributed by atoms with Gasteiger partial charge in [-0.2, -0.15) is 0 Å². The minimum absolute atomic E-state index is 0.0931. The van der Waals surface area contributed by atoms with Gasteiger partial charge in [0.15, 0.2) is 11.6 Å². The van der Waals surface area contributed by atoms with E-state index in [-0.39, 0.29) is 17.1 Å². The first-order chi connectivity index (χ1) is 9.63. The number of nitrogens with two attached hydrogens (primary N) is 1. The summed E-state index contributed by atoms with van der Waals surface area (Å²) in [5.41, 5.74) is 6.15. The van der Waals surface area contributed by atoms with Gasteiger partial charge in [-0.25, -0.2) is 4.39 Å². The van der Waals surface area contributed by atoms with Crippen LogP contribution in [0.4, 0.5) is 4.39 Å². The molecule has 4 nitrogen and oxygen atoms in total. The van der Waals surface area contributed by atoms with Gasteiger partial charge in [-0.15, -0.1) is 0 Å². The molecule has 3 N–H and O–H groups in total. The predicted molar refractivity (Wildman–Crippen MR) is 74.2 cm³/mol. The van der Waals surface area contributed by atoms with Gasteiger partial charge in [-0.3, -0.25) is 4.79 Å². The Morgan fingerprint density at radius 2 is 2.00 bits per heavy atom. The molecule has 0 aromatic heterocycles. The lowest BCUT2D eigenvalue weighted by Gasteiger charge is -2.13. The lowest BCUT2D eigenvalue weighted by atomic mass is 10.1. The smallest absolute Gasteiger partial charge is 0.252 e. The highest BCUT2D eigenvalue weighted by Gasteiger charge is 2.14. The molecule has 0 aliphatic carbocycles. The number of carbonyl (C=O) groups excluding carboxylic acids is 1. The highest BCUT2D eigenvalue weighted by atomic mass is 19.1. The normalized spacial score (nSPS) is 10.3. The van der Waals surface area contributed by atoms with Gasteiger partial charge < -0.3 is 15.8 Å². The Kier molecular flexibility index (Phi) is 4.32. The van der Waals surface area contributed by atoms with Gasteiger partial charge in [-0.05, 0) is 25.2 Å². The Hall–Kier alpha value is -2.40. The zero-order valence-corrected chi connectivity index (χ0v) is 11.0. The standard InChI is InChI=1S/C15H15FN2O2/c1-18-9-10-5-4-7-12(16)14(10)20-13-8-3-2-6-11(13)15(17)19/h2-8,18H,9H2,1H3,(H2,17,19). The molecule has 0 radical (unpaired) electrons. The van der Waals surface area contributed by atoms with Crippen LogP contribution in [-0.4, -0.2) is 13.0 Å². The van der Waals surface area contributed by atoms with Crippen molar-refractivity contribution in [2.45, 2.75) is 6.54 Å². The molecule has 0 unspecified atom stereocenters. The van der Waals surface area contributed by atoms with E-state index >= 15 is 0 Å². The fourth-order valence-electron chi connectivity index (χ4n) is 1.87. The summed E-state index contributed by atoms with van der Waals surface area (Å²) < 4.78 is 19.5. The molecule has 20 heavy (non-hydrogen) atoms. The van der Waals surface area contributed by atoms with Gasteiger partial charge >= 0.3 is 0 Å². The molecule has 0 fully saturated rings. The van der Waals surface area contributed by atoms with E-state index in [9.17, 15) is 9.18 Å². The van der Waals surface area contributed by atoms with E-state index in [0.717, 1.165) is 0 Å². The van der Waals surface area contributed by atoms with Crippen molar-refractivity contribution in [3.8, 4) is 11.5 Å². The number of para-hydroxylation sites is 2. The molecular formula is C15H15FN2O2. The molecule has 1 amide bonds. The summed E-state index contributed by atoms with van der Waals surface area (Å²) in [6.45, 7) is 0.450. The minimum Gasteiger partial charge on any atom is -0.453 e. The maximum absolute atomic E-state index is 13.9. The third kappa shape index (κ3) is 2.95. The molecule has 2 aromatic rings. The van der Waals surface area contributed by atoms with Crippen LogP contribution in [0, 0.1) is 5.82 Å². The maximum Gasteiger partial charge on any atom is 0.252 e. The van der Waals surface area contributed by atoms with Crippen molar-refractivity contribution < 1.29 is 13.9 Å². The molecule has 0 spiro atoms. The zero-order valence-electron chi connectivity index (χ0n) is 11.0. The van der Waals surface area contributed by atoms with Crippen molar-refractivity contribution in [1.29, 1.82) is 0 Å². The highest BCUT2D eigenvalue weighted by molar-refractivity contribution is 5.95. The van der Waals surface area contributed by atoms with Crippen molar-refractivity contribution in [3.63, 3.8) is 0 Å². The molecule has 2 aromatic carbocycles. The predicted octanol–water partition coefficient (Wildman–Crippen LogP) is 2.44. The van der Waals surface area contributed by atoms with Crippen LogP contribution >= 0.6 is 0 Å². The zero-order chi connectivity index (χ0) is 14.5. The molecule has 0 saturated heterocycles. The monoisotopic (exact) mass is 274 g/mol. The van der Waals surface area contributed by atoms with Gasteiger partial charge in [0.2, 0.25) is 0 Å². The number of ether oxygens (including phenoxy) is 1. The second-order valence-electron chi connectivity index (χ2n) is 4.22. The third-order valence-electron chi connectivity index (χ3n) is 2.78. The van der Waals surface area contributed by atoms with Crippen LogP contribution in [0.2, 0.25) is 0 Å². The Balaban J connectivity index is 2.42. The van der Waals surface area contributed by atoms with Crippen LogP contribution in [-0.2, 0) is 6.54 Å². The van der Waals surface area contributed by atoms with Crippen LogP contribution in [0.1, 0.15) is 15.9 Å². The topological polar surface area (TPSA) is 64.3 Å². The quantitative estimate of drug-likeness (QED) is 0.880. The Labute approximate surface area is 116 Å². The van der Waals surface area contributed by atoms with E-state index in [1.807, 2.05) is 0 Å². The summed E-state index contributed by atoms with van der Waals surface area (Å²) in [4.78, 5) is 11.3. The molecule has 0 atom stereocenters. The molecule has 104 valence electrons.